The molecule has 1 aliphatic rings. The minimum Gasteiger partial charge on any atom is -0.274 e. The molecule has 0 saturated carbocycles. The molecule has 76 valence electrons. The number of rotatable bonds is 1. The number of carbonyl (C=O) groups excluding carboxylic acids is 1. The molecule has 1 saturated heterocycles. The number of carbonyl (C=O) groups is 1. The van der Waals surface area contributed by atoms with Gasteiger partial charge in [0.05, 0.1) is 0 Å². The Morgan fingerprint density at radius 2 is 2.08 bits per heavy atom. The zero-order chi connectivity index (χ0) is 10.2. The highest BCUT2D eigenvalue weighted by Crippen LogP contribution is 2.33. The Morgan fingerprint density at radius 3 is 2.38 bits per heavy atom. The van der Waals surface area contributed by atoms with E-state index in [4.69, 9.17) is 0 Å². The number of amides is 1. The van der Waals surface area contributed by atoms with Crippen LogP contribution in [-0.4, -0.2) is 34.1 Å². The fraction of sp³-hybridized carbons (Fsp3) is 0.900. The fourth-order valence-corrected chi connectivity index (χ4v) is 2.51. The molecule has 0 bridgehead atoms. The Balaban J connectivity index is 2.90. The van der Waals surface area contributed by atoms with Crippen molar-refractivity contribution in [2.45, 2.75) is 52.6 Å². The highest BCUT2D eigenvalue weighted by atomic mass is 16.2. The van der Waals surface area contributed by atoms with Crippen molar-refractivity contribution in [1.29, 1.82) is 0 Å². The fourth-order valence-electron chi connectivity index (χ4n) is 2.51. The van der Waals surface area contributed by atoms with Crippen LogP contribution in [0.1, 0.15) is 41.0 Å². The topological polar surface area (TPSA) is 23.6 Å². The summed E-state index contributed by atoms with van der Waals surface area (Å²) in [5.74, 6) is 0.153. The second kappa shape index (κ2) is 3.29. The third-order valence-corrected chi connectivity index (χ3v) is 2.79. The Labute approximate surface area is 80.7 Å². The van der Waals surface area contributed by atoms with Crippen LogP contribution >= 0.6 is 0 Å². The van der Waals surface area contributed by atoms with Crippen LogP contribution < -0.4 is 0 Å². The van der Waals surface area contributed by atoms with Gasteiger partial charge in [-0.2, -0.15) is 0 Å². The maximum atomic E-state index is 11.4. The van der Waals surface area contributed by atoms with Crippen molar-refractivity contribution >= 4 is 5.91 Å². The van der Waals surface area contributed by atoms with Crippen LogP contribution in [0.2, 0.25) is 0 Å². The summed E-state index contributed by atoms with van der Waals surface area (Å²) in [5, 5.41) is 4.06. The van der Waals surface area contributed by atoms with Gasteiger partial charge in [0.15, 0.2) is 0 Å². The summed E-state index contributed by atoms with van der Waals surface area (Å²) in [6.07, 6.45) is 1.06. The van der Waals surface area contributed by atoms with Crippen molar-refractivity contribution in [2.75, 3.05) is 6.54 Å². The molecule has 0 aromatic carbocycles. The first-order valence-corrected chi connectivity index (χ1v) is 4.97. The van der Waals surface area contributed by atoms with Crippen molar-refractivity contribution < 1.29 is 4.79 Å². The molecule has 0 aliphatic carbocycles. The van der Waals surface area contributed by atoms with Crippen LogP contribution in [0.25, 0.3) is 0 Å². The molecule has 3 nitrogen and oxygen atoms in total. The average molecular weight is 184 g/mol. The molecule has 1 amide bonds. The lowest BCUT2D eigenvalue weighted by molar-refractivity contribution is -0.149. The van der Waals surface area contributed by atoms with Gasteiger partial charge in [-0.3, -0.25) is 9.80 Å². The summed E-state index contributed by atoms with van der Waals surface area (Å²) in [7, 11) is 0. The van der Waals surface area contributed by atoms with E-state index in [-0.39, 0.29) is 11.4 Å². The third-order valence-electron chi connectivity index (χ3n) is 2.79. The van der Waals surface area contributed by atoms with Gasteiger partial charge in [0.25, 0.3) is 0 Å². The summed E-state index contributed by atoms with van der Waals surface area (Å²) in [6.45, 7) is 11.1. The average Bonchev–Trinajstić information content (AvgIpc) is 2.18. The molecule has 0 spiro atoms. The van der Waals surface area contributed by atoms with Gasteiger partial charge in [0.2, 0.25) is 5.91 Å². The molecule has 0 N–H and O–H groups in total. The van der Waals surface area contributed by atoms with Crippen LogP contribution in [0.5, 0.6) is 0 Å². The molecule has 0 radical (unpaired) electrons. The van der Waals surface area contributed by atoms with Gasteiger partial charge in [-0.05, 0) is 27.2 Å². The van der Waals surface area contributed by atoms with E-state index >= 15 is 0 Å². The lowest BCUT2D eigenvalue weighted by Crippen LogP contribution is -2.49. The molecule has 13 heavy (non-hydrogen) atoms. The second-order valence-electron chi connectivity index (χ2n) is 4.44. The molecule has 0 aromatic heterocycles. The number of nitrogens with zero attached hydrogens (tertiary/aromatic N) is 2. The minimum absolute atomic E-state index is 0.125. The summed E-state index contributed by atoms with van der Waals surface area (Å²) in [4.78, 5) is 11.4. The Morgan fingerprint density at radius 1 is 1.54 bits per heavy atom. The molecule has 1 rings (SSSR count). The van der Waals surface area contributed by atoms with E-state index < -0.39 is 0 Å². The van der Waals surface area contributed by atoms with Gasteiger partial charge in [0, 0.05) is 25.0 Å². The quantitative estimate of drug-likeness (QED) is 0.618. The Hall–Kier alpha value is -0.570. The first-order chi connectivity index (χ1) is 5.90. The monoisotopic (exact) mass is 184 g/mol. The van der Waals surface area contributed by atoms with Crippen LogP contribution in [0, 0.1) is 0 Å². The van der Waals surface area contributed by atoms with Gasteiger partial charge in [-0.25, -0.2) is 5.01 Å². The highest BCUT2D eigenvalue weighted by molar-refractivity contribution is 5.73. The molecule has 1 atom stereocenters. The van der Waals surface area contributed by atoms with Gasteiger partial charge in [-0.1, -0.05) is 6.92 Å². The second-order valence-corrected chi connectivity index (χ2v) is 4.44. The first kappa shape index (κ1) is 10.5. The molecule has 1 unspecified atom stereocenters. The van der Waals surface area contributed by atoms with Crippen molar-refractivity contribution in [3.05, 3.63) is 0 Å². The van der Waals surface area contributed by atoms with Gasteiger partial charge >= 0.3 is 0 Å². The van der Waals surface area contributed by atoms with E-state index in [2.05, 4.69) is 32.7 Å². The Bertz CT molecular complexity index is 213. The predicted molar refractivity (Wildman–Crippen MR) is 53.1 cm³/mol. The van der Waals surface area contributed by atoms with Gasteiger partial charge < -0.3 is 0 Å². The number of hydrazine groups is 1. The predicted octanol–water partition coefficient (Wildman–Crippen LogP) is 1.64. The van der Waals surface area contributed by atoms with Crippen molar-refractivity contribution in [3.8, 4) is 0 Å². The molecular formula is C10H20N2O. The Kier molecular flexibility index (Phi) is 2.66. The number of hydrogen-bond acceptors (Lipinski definition) is 2. The van der Waals surface area contributed by atoms with E-state index in [1.54, 1.807) is 6.92 Å². The van der Waals surface area contributed by atoms with Crippen LogP contribution in [0.4, 0.5) is 0 Å². The lowest BCUT2D eigenvalue weighted by Gasteiger charge is -2.36. The first-order valence-electron chi connectivity index (χ1n) is 4.97. The molecule has 0 aromatic rings. The van der Waals surface area contributed by atoms with E-state index in [1.165, 1.54) is 0 Å². The van der Waals surface area contributed by atoms with Crippen LogP contribution in [0.15, 0.2) is 0 Å². The summed E-state index contributed by atoms with van der Waals surface area (Å²) >= 11 is 0. The summed E-state index contributed by atoms with van der Waals surface area (Å²) < 4.78 is 0. The summed E-state index contributed by atoms with van der Waals surface area (Å²) in [6, 6.07) is 0.340. The molecule has 1 heterocycles. The molecule has 1 fully saturated rings. The van der Waals surface area contributed by atoms with Crippen molar-refractivity contribution in [2.24, 2.45) is 0 Å². The van der Waals surface area contributed by atoms with E-state index in [1.807, 2.05) is 5.01 Å². The normalized spacial score (nSPS) is 28.1. The number of hydrogen-bond donors (Lipinski definition) is 0. The molecule has 3 heteroatoms. The molecular weight excluding hydrogens is 164 g/mol. The largest absolute Gasteiger partial charge is 0.274 e. The van der Waals surface area contributed by atoms with Crippen molar-refractivity contribution in [1.82, 2.24) is 10.0 Å². The van der Waals surface area contributed by atoms with Crippen LogP contribution in [-0.2, 0) is 4.79 Å². The zero-order valence-electron chi connectivity index (χ0n) is 9.29. The maximum absolute atomic E-state index is 11.4. The standard InChI is InChI=1S/C10H20N2O/c1-6-11-10(4,5)7-8(2)12(11)9(3)13/h8H,6-7H2,1-5H3. The summed E-state index contributed by atoms with van der Waals surface area (Å²) in [5.41, 5.74) is 0.125. The highest BCUT2D eigenvalue weighted by Gasteiger charge is 2.42. The molecule has 1 aliphatic heterocycles. The third kappa shape index (κ3) is 1.70. The van der Waals surface area contributed by atoms with E-state index in [9.17, 15) is 4.79 Å². The minimum atomic E-state index is 0.125. The zero-order valence-corrected chi connectivity index (χ0v) is 9.29. The van der Waals surface area contributed by atoms with Crippen LogP contribution in [0.3, 0.4) is 0 Å². The smallest absolute Gasteiger partial charge is 0.234 e. The van der Waals surface area contributed by atoms with Gasteiger partial charge in [-0.15, -0.1) is 0 Å². The van der Waals surface area contributed by atoms with Gasteiger partial charge in [0.1, 0.15) is 0 Å². The maximum Gasteiger partial charge on any atom is 0.234 e. The van der Waals surface area contributed by atoms with Crippen molar-refractivity contribution in [3.63, 3.8) is 0 Å². The van der Waals surface area contributed by atoms with E-state index in [0.29, 0.717) is 6.04 Å². The lowest BCUT2D eigenvalue weighted by atomic mass is 9.99. The van der Waals surface area contributed by atoms with E-state index in [0.717, 1.165) is 13.0 Å². The SMILES string of the molecule is CCN1N(C(C)=O)C(C)CC1(C)C.